The molecule has 0 aromatic carbocycles. The number of carbonyl (C=O) groups excluding carboxylic acids is 1. The summed E-state index contributed by atoms with van der Waals surface area (Å²) < 4.78 is 41.8. The van der Waals surface area contributed by atoms with E-state index in [1.54, 1.807) is 31.5 Å². The van der Waals surface area contributed by atoms with Crippen LogP contribution in [-0.2, 0) is 4.79 Å². The molecule has 2 fully saturated rings. The number of nitrogens with zero attached hydrogens (tertiary/aromatic N) is 6. The zero-order valence-corrected chi connectivity index (χ0v) is 18.8. The van der Waals surface area contributed by atoms with Crippen LogP contribution in [0.15, 0.2) is 48.9 Å². The Morgan fingerprint density at radius 1 is 1.11 bits per heavy atom. The molecule has 0 unspecified atom stereocenters. The highest BCUT2D eigenvalue weighted by atomic mass is 19.4. The molecule has 5 heterocycles. The lowest BCUT2D eigenvalue weighted by Crippen LogP contribution is -2.59. The topological polar surface area (TPSA) is 96.4 Å². The Kier molecular flexibility index (Phi) is 5.65. The van der Waals surface area contributed by atoms with Crippen molar-refractivity contribution in [2.24, 2.45) is 5.41 Å². The summed E-state index contributed by atoms with van der Waals surface area (Å²) in [5.74, 6) is 1.28. The molecule has 3 aromatic rings. The first-order chi connectivity index (χ1) is 16.7. The van der Waals surface area contributed by atoms with Gasteiger partial charge in [0, 0.05) is 74.8 Å². The molecule has 1 amide bonds. The third-order valence-electron chi connectivity index (χ3n) is 6.11. The van der Waals surface area contributed by atoms with E-state index in [-0.39, 0.29) is 17.1 Å². The fraction of sp³-hybridized carbons (Fsp3) is 0.348. The molecule has 2 aliphatic heterocycles. The smallest absolute Gasteiger partial charge is 0.406 e. The van der Waals surface area contributed by atoms with Gasteiger partial charge in [0.15, 0.2) is 5.82 Å². The first kappa shape index (κ1) is 22.8. The van der Waals surface area contributed by atoms with E-state index in [1.165, 1.54) is 6.20 Å². The van der Waals surface area contributed by atoms with Crippen LogP contribution in [0.4, 0.5) is 30.6 Å². The average molecular weight is 485 g/mol. The van der Waals surface area contributed by atoms with Gasteiger partial charge in [-0.05, 0) is 24.6 Å². The number of halogens is 3. The number of aromatic nitrogens is 4. The van der Waals surface area contributed by atoms with Gasteiger partial charge in [-0.25, -0.2) is 15.0 Å². The van der Waals surface area contributed by atoms with Crippen molar-refractivity contribution in [3.8, 4) is 17.1 Å². The van der Waals surface area contributed by atoms with E-state index < -0.39 is 12.1 Å². The standard InChI is InChI=1S/C23H22F3N7O2/c1-15(34)33-13-22(14-33)5-8-32(12-22)20-10-19(30-21(31-20)16-3-2-6-27-11-16)29-18-9-17(4-7-28-18)35-23(24,25)26/h2-4,6-7,9-11H,5,8,12-14H2,1H3,(H,28,29,30,31). The van der Waals surface area contributed by atoms with Gasteiger partial charge in [0.2, 0.25) is 5.91 Å². The van der Waals surface area contributed by atoms with Gasteiger partial charge in [-0.3, -0.25) is 9.78 Å². The maximum atomic E-state index is 12.6. The second-order valence-electron chi connectivity index (χ2n) is 8.77. The SMILES string of the molecule is CC(=O)N1CC2(CCN(c3cc(Nc4cc(OC(F)(F)F)ccn4)nc(-c4cccnc4)n3)C2)C1. The number of likely N-dealkylation sites (tertiary alicyclic amines) is 1. The maximum Gasteiger partial charge on any atom is 0.573 e. The van der Waals surface area contributed by atoms with E-state index in [9.17, 15) is 18.0 Å². The van der Waals surface area contributed by atoms with E-state index in [1.807, 2.05) is 11.0 Å². The number of alkyl halides is 3. The van der Waals surface area contributed by atoms with Gasteiger partial charge in [-0.2, -0.15) is 0 Å². The van der Waals surface area contributed by atoms with Gasteiger partial charge in [0.25, 0.3) is 0 Å². The van der Waals surface area contributed by atoms with Crippen LogP contribution in [0.1, 0.15) is 13.3 Å². The predicted molar refractivity (Wildman–Crippen MR) is 121 cm³/mol. The number of amides is 1. The van der Waals surface area contributed by atoms with Crippen LogP contribution < -0.4 is 15.0 Å². The molecule has 35 heavy (non-hydrogen) atoms. The van der Waals surface area contributed by atoms with E-state index >= 15 is 0 Å². The molecule has 5 rings (SSSR count). The highest BCUT2D eigenvalue weighted by Gasteiger charge is 2.48. The van der Waals surface area contributed by atoms with Gasteiger partial charge in [0.1, 0.15) is 23.2 Å². The van der Waals surface area contributed by atoms with Crippen molar-refractivity contribution < 1.29 is 22.7 Å². The number of nitrogens with one attached hydrogen (secondary N) is 1. The molecular formula is C23H22F3N7O2. The summed E-state index contributed by atoms with van der Waals surface area (Å²) in [5, 5.41) is 2.97. The van der Waals surface area contributed by atoms with Crippen molar-refractivity contribution in [2.45, 2.75) is 19.7 Å². The zero-order chi connectivity index (χ0) is 24.6. The van der Waals surface area contributed by atoms with Crippen LogP contribution in [0.3, 0.4) is 0 Å². The summed E-state index contributed by atoms with van der Waals surface area (Å²) in [6, 6.07) is 7.60. The van der Waals surface area contributed by atoms with Gasteiger partial charge in [-0.15, -0.1) is 13.2 Å². The number of anilines is 3. The lowest BCUT2D eigenvalue weighted by molar-refractivity contribution is -0.274. The quantitative estimate of drug-likeness (QED) is 0.585. The molecule has 2 saturated heterocycles. The third-order valence-corrected chi connectivity index (χ3v) is 6.11. The number of carbonyl (C=O) groups is 1. The first-order valence-electron chi connectivity index (χ1n) is 11.0. The number of hydrogen-bond acceptors (Lipinski definition) is 8. The van der Waals surface area contributed by atoms with Crippen LogP contribution in [0, 0.1) is 5.41 Å². The minimum atomic E-state index is -4.81. The second kappa shape index (κ2) is 8.67. The molecule has 3 aromatic heterocycles. The lowest BCUT2D eigenvalue weighted by atomic mass is 9.79. The summed E-state index contributed by atoms with van der Waals surface area (Å²) in [6.07, 6.45) is 0.629. The Balaban J connectivity index is 1.42. The Morgan fingerprint density at radius 2 is 1.94 bits per heavy atom. The minimum Gasteiger partial charge on any atom is -0.406 e. The molecule has 1 N–H and O–H groups in total. The van der Waals surface area contributed by atoms with Crippen LogP contribution >= 0.6 is 0 Å². The third kappa shape index (κ3) is 5.10. The fourth-order valence-electron chi connectivity index (χ4n) is 4.47. The number of rotatable bonds is 5. The van der Waals surface area contributed by atoms with E-state index in [0.29, 0.717) is 23.0 Å². The molecule has 12 heteroatoms. The van der Waals surface area contributed by atoms with Crippen molar-refractivity contribution in [1.29, 1.82) is 0 Å². The summed E-state index contributed by atoms with van der Waals surface area (Å²) in [7, 11) is 0. The van der Waals surface area contributed by atoms with Crippen LogP contribution in [0.2, 0.25) is 0 Å². The summed E-state index contributed by atoms with van der Waals surface area (Å²) in [6.45, 7) is 4.53. The molecule has 182 valence electrons. The Bertz CT molecular complexity index is 1230. The van der Waals surface area contributed by atoms with Gasteiger partial charge >= 0.3 is 6.36 Å². The molecule has 1 spiro atoms. The molecule has 0 saturated carbocycles. The molecule has 0 atom stereocenters. The Morgan fingerprint density at radius 3 is 2.66 bits per heavy atom. The maximum absolute atomic E-state index is 12.6. The van der Waals surface area contributed by atoms with Crippen molar-refractivity contribution >= 4 is 23.4 Å². The van der Waals surface area contributed by atoms with Gasteiger partial charge in [-0.1, -0.05) is 0 Å². The average Bonchev–Trinajstić information content (AvgIpc) is 3.24. The number of ether oxygens (including phenoxy) is 1. The van der Waals surface area contributed by atoms with Gasteiger partial charge < -0.3 is 19.9 Å². The summed E-state index contributed by atoms with van der Waals surface area (Å²) in [5.41, 5.74) is 0.739. The number of hydrogen-bond donors (Lipinski definition) is 1. The fourth-order valence-corrected chi connectivity index (χ4v) is 4.47. The van der Waals surface area contributed by atoms with Crippen LogP contribution in [0.5, 0.6) is 5.75 Å². The largest absolute Gasteiger partial charge is 0.573 e. The van der Waals surface area contributed by atoms with Crippen molar-refractivity contribution in [2.75, 3.05) is 36.4 Å². The van der Waals surface area contributed by atoms with Crippen LogP contribution in [-0.4, -0.2) is 63.3 Å². The summed E-state index contributed by atoms with van der Waals surface area (Å²) >= 11 is 0. The highest BCUT2D eigenvalue weighted by molar-refractivity contribution is 5.74. The van der Waals surface area contributed by atoms with Gasteiger partial charge in [0.05, 0.1) is 0 Å². The molecule has 0 bridgehead atoms. The van der Waals surface area contributed by atoms with E-state index in [2.05, 4.69) is 29.9 Å². The normalized spacial score (nSPS) is 16.8. The highest BCUT2D eigenvalue weighted by Crippen LogP contribution is 2.41. The van der Waals surface area contributed by atoms with Crippen molar-refractivity contribution in [3.05, 3.63) is 48.9 Å². The molecule has 9 nitrogen and oxygen atoms in total. The van der Waals surface area contributed by atoms with E-state index in [0.717, 1.165) is 44.7 Å². The second-order valence-corrected chi connectivity index (χ2v) is 8.77. The monoisotopic (exact) mass is 485 g/mol. The molecule has 2 aliphatic rings. The predicted octanol–water partition coefficient (Wildman–Crippen LogP) is 3.63. The van der Waals surface area contributed by atoms with Crippen LogP contribution in [0.25, 0.3) is 11.4 Å². The number of pyridine rings is 2. The lowest BCUT2D eigenvalue weighted by Gasteiger charge is -2.47. The molecule has 0 radical (unpaired) electrons. The van der Waals surface area contributed by atoms with Crippen molar-refractivity contribution in [1.82, 2.24) is 24.8 Å². The molecule has 0 aliphatic carbocycles. The Labute approximate surface area is 199 Å². The zero-order valence-electron chi connectivity index (χ0n) is 18.8. The molecular weight excluding hydrogens is 463 g/mol. The van der Waals surface area contributed by atoms with Crippen molar-refractivity contribution in [3.63, 3.8) is 0 Å². The minimum absolute atomic E-state index is 0.0451. The van der Waals surface area contributed by atoms with E-state index in [4.69, 9.17) is 4.98 Å². The summed E-state index contributed by atoms with van der Waals surface area (Å²) in [4.78, 5) is 33.1. The Hall–Kier alpha value is -3.96. The first-order valence-corrected chi connectivity index (χ1v) is 11.0.